The maximum absolute atomic E-state index is 12.2. The molecule has 0 aromatic heterocycles. The molecule has 1 fully saturated rings. The molecule has 1 rings (SSSR count). The number of hydrogen-bond acceptors (Lipinski definition) is 3. The van der Waals surface area contributed by atoms with Crippen molar-refractivity contribution in [3.8, 4) is 0 Å². The fourth-order valence-corrected chi connectivity index (χ4v) is 2.24. The summed E-state index contributed by atoms with van der Waals surface area (Å²) < 4.78 is 5.33. The number of carboxylic acids is 1. The van der Waals surface area contributed by atoms with Crippen molar-refractivity contribution >= 4 is 12.0 Å². The second-order valence-corrected chi connectivity index (χ2v) is 6.01. The Hall–Kier alpha value is -1.30. The standard InChI is InChI=1S/C14H26N2O4/c1-11(2)16(7-4-12(17)18)13(19)15-10-14(3)5-8-20-9-6-14/h11H,4-10H2,1-3H3,(H,15,19)(H,17,18). The van der Waals surface area contributed by atoms with E-state index in [1.54, 1.807) is 4.90 Å². The first kappa shape index (κ1) is 16.8. The Morgan fingerprint density at radius 2 is 1.95 bits per heavy atom. The van der Waals surface area contributed by atoms with Crippen LogP contribution in [0.15, 0.2) is 0 Å². The van der Waals surface area contributed by atoms with Crippen LogP contribution in [0.1, 0.15) is 40.0 Å². The quantitative estimate of drug-likeness (QED) is 0.779. The van der Waals surface area contributed by atoms with Gasteiger partial charge in [0.25, 0.3) is 0 Å². The number of carboxylic acid groups (broad SMARTS) is 1. The van der Waals surface area contributed by atoms with Crippen LogP contribution in [0.2, 0.25) is 0 Å². The lowest BCUT2D eigenvalue weighted by Gasteiger charge is -2.35. The predicted octanol–water partition coefficient (Wildman–Crippen LogP) is 1.70. The molecule has 0 aliphatic carbocycles. The summed E-state index contributed by atoms with van der Waals surface area (Å²) in [5.41, 5.74) is 0.0728. The minimum atomic E-state index is -0.889. The molecule has 0 unspecified atom stereocenters. The molecule has 0 saturated carbocycles. The van der Waals surface area contributed by atoms with Crippen molar-refractivity contribution in [3.05, 3.63) is 0 Å². The van der Waals surface area contributed by atoms with E-state index in [9.17, 15) is 9.59 Å². The molecule has 0 bridgehead atoms. The molecule has 6 heteroatoms. The highest BCUT2D eigenvalue weighted by atomic mass is 16.5. The molecule has 0 atom stereocenters. The first-order valence-electron chi connectivity index (χ1n) is 7.18. The number of carbonyl (C=O) groups is 2. The molecule has 116 valence electrons. The van der Waals surface area contributed by atoms with Gasteiger partial charge in [-0.1, -0.05) is 6.92 Å². The summed E-state index contributed by atoms with van der Waals surface area (Å²) in [7, 11) is 0. The molecule has 2 amide bonds. The molecular weight excluding hydrogens is 260 g/mol. The topological polar surface area (TPSA) is 78.9 Å². The molecule has 1 heterocycles. The first-order valence-corrected chi connectivity index (χ1v) is 7.18. The van der Waals surface area contributed by atoms with Crippen molar-refractivity contribution in [2.75, 3.05) is 26.3 Å². The molecule has 0 aromatic carbocycles. The predicted molar refractivity (Wildman–Crippen MR) is 75.7 cm³/mol. The number of hydrogen-bond donors (Lipinski definition) is 2. The number of urea groups is 1. The highest BCUT2D eigenvalue weighted by Gasteiger charge is 2.28. The highest BCUT2D eigenvalue weighted by Crippen LogP contribution is 2.28. The number of rotatable bonds is 6. The zero-order chi connectivity index (χ0) is 15.2. The zero-order valence-electron chi connectivity index (χ0n) is 12.6. The fraction of sp³-hybridized carbons (Fsp3) is 0.857. The molecule has 2 N–H and O–H groups in total. The number of nitrogens with one attached hydrogen (secondary N) is 1. The number of nitrogens with zero attached hydrogens (tertiary/aromatic N) is 1. The van der Waals surface area contributed by atoms with E-state index in [4.69, 9.17) is 9.84 Å². The van der Waals surface area contributed by atoms with Crippen LogP contribution in [-0.2, 0) is 9.53 Å². The summed E-state index contributed by atoms with van der Waals surface area (Å²) in [5, 5.41) is 11.7. The van der Waals surface area contributed by atoms with Crippen molar-refractivity contribution < 1.29 is 19.4 Å². The Kier molecular flexibility index (Phi) is 6.26. The van der Waals surface area contributed by atoms with E-state index < -0.39 is 5.97 Å². The third kappa shape index (κ3) is 5.36. The minimum Gasteiger partial charge on any atom is -0.481 e. The Morgan fingerprint density at radius 3 is 2.45 bits per heavy atom. The van der Waals surface area contributed by atoms with Gasteiger partial charge in [0.2, 0.25) is 0 Å². The van der Waals surface area contributed by atoms with E-state index in [1.807, 2.05) is 13.8 Å². The summed E-state index contributed by atoms with van der Waals surface area (Å²) in [6.45, 7) is 8.23. The maximum atomic E-state index is 12.2. The van der Waals surface area contributed by atoms with Gasteiger partial charge in [-0.25, -0.2) is 4.79 Å². The van der Waals surface area contributed by atoms with Gasteiger partial charge >= 0.3 is 12.0 Å². The summed E-state index contributed by atoms with van der Waals surface area (Å²) in [6.07, 6.45) is 1.84. The lowest BCUT2D eigenvalue weighted by Crippen LogP contribution is -2.48. The highest BCUT2D eigenvalue weighted by molar-refractivity contribution is 5.75. The van der Waals surface area contributed by atoms with Crippen LogP contribution in [-0.4, -0.2) is 54.4 Å². The summed E-state index contributed by atoms with van der Waals surface area (Å²) in [5.74, 6) is -0.889. The Bertz CT molecular complexity index is 338. The van der Waals surface area contributed by atoms with Gasteiger partial charge in [-0.2, -0.15) is 0 Å². The van der Waals surface area contributed by atoms with Crippen LogP contribution in [0.4, 0.5) is 4.79 Å². The van der Waals surface area contributed by atoms with Gasteiger partial charge in [0.05, 0.1) is 6.42 Å². The summed E-state index contributed by atoms with van der Waals surface area (Å²) in [4.78, 5) is 24.4. The van der Waals surface area contributed by atoms with Gasteiger partial charge in [-0.05, 0) is 32.1 Å². The largest absolute Gasteiger partial charge is 0.481 e. The molecule has 0 radical (unpaired) electrons. The van der Waals surface area contributed by atoms with Crippen molar-refractivity contribution in [1.29, 1.82) is 0 Å². The molecular formula is C14H26N2O4. The average molecular weight is 286 g/mol. The van der Waals surface area contributed by atoms with Crippen molar-refractivity contribution in [2.45, 2.75) is 46.1 Å². The van der Waals surface area contributed by atoms with E-state index in [-0.39, 0.29) is 30.5 Å². The lowest BCUT2D eigenvalue weighted by molar-refractivity contribution is -0.137. The molecule has 20 heavy (non-hydrogen) atoms. The third-order valence-electron chi connectivity index (χ3n) is 3.82. The van der Waals surface area contributed by atoms with Crippen LogP contribution >= 0.6 is 0 Å². The number of aliphatic carboxylic acids is 1. The third-order valence-corrected chi connectivity index (χ3v) is 3.82. The Labute approximate surface area is 120 Å². The monoisotopic (exact) mass is 286 g/mol. The van der Waals surface area contributed by atoms with Gasteiger partial charge in [-0.3, -0.25) is 4.79 Å². The Balaban J connectivity index is 2.46. The van der Waals surface area contributed by atoms with Gasteiger partial charge in [0.15, 0.2) is 0 Å². The van der Waals surface area contributed by atoms with Crippen LogP contribution in [0.5, 0.6) is 0 Å². The van der Waals surface area contributed by atoms with E-state index >= 15 is 0 Å². The normalized spacial score (nSPS) is 17.8. The van der Waals surface area contributed by atoms with Gasteiger partial charge in [0, 0.05) is 32.3 Å². The number of amides is 2. The lowest BCUT2D eigenvalue weighted by atomic mass is 9.82. The number of ether oxygens (including phenoxy) is 1. The molecule has 1 aliphatic rings. The average Bonchev–Trinajstić information content (AvgIpc) is 2.37. The van der Waals surface area contributed by atoms with Crippen LogP contribution in [0.3, 0.4) is 0 Å². The van der Waals surface area contributed by atoms with Gasteiger partial charge in [0.1, 0.15) is 0 Å². The Morgan fingerprint density at radius 1 is 1.35 bits per heavy atom. The smallest absolute Gasteiger partial charge is 0.317 e. The second-order valence-electron chi connectivity index (χ2n) is 6.01. The molecule has 1 aliphatic heterocycles. The van der Waals surface area contributed by atoms with Crippen molar-refractivity contribution in [1.82, 2.24) is 10.2 Å². The minimum absolute atomic E-state index is 0.0168. The van der Waals surface area contributed by atoms with Crippen LogP contribution in [0.25, 0.3) is 0 Å². The second kappa shape index (κ2) is 7.47. The fourth-order valence-electron chi connectivity index (χ4n) is 2.24. The molecule has 1 saturated heterocycles. The van der Waals surface area contributed by atoms with Crippen molar-refractivity contribution in [3.63, 3.8) is 0 Å². The number of carbonyl (C=O) groups excluding carboxylic acids is 1. The zero-order valence-corrected chi connectivity index (χ0v) is 12.6. The summed E-state index contributed by atoms with van der Waals surface area (Å²) >= 11 is 0. The van der Waals surface area contributed by atoms with Gasteiger partial charge in [-0.15, -0.1) is 0 Å². The summed E-state index contributed by atoms with van der Waals surface area (Å²) in [6, 6.07) is -0.203. The van der Waals surface area contributed by atoms with E-state index in [1.165, 1.54) is 0 Å². The van der Waals surface area contributed by atoms with Crippen molar-refractivity contribution in [2.24, 2.45) is 5.41 Å². The van der Waals surface area contributed by atoms with E-state index in [0.717, 1.165) is 26.1 Å². The first-order chi connectivity index (χ1) is 9.34. The van der Waals surface area contributed by atoms with E-state index in [2.05, 4.69) is 12.2 Å². The molecule has 0 aromatic rings. The van der Waals surface area contributed by atoms with E-state index in [0.29, 0.717) is 6.54 Å². The molecule has 0 spiro atoms. The van der Waals surface area contributed by atoms with Gasteiger partial charge < -0.3 is 20.1 Å². The van der Waals surface area contributed by atoms with Crippen LogP contribution < -0.4 is 5.32 Å². The maximum Gasteiger partial charge on any atom is 0.317 e. The SMILES string of the molecule is CC(C)N(CCC(=O)O)C(=O)NCC1(C)CCOCC1. The molecule has 6 nitrogen and oxygen atoms in total. The van der Waals surface area contributed by atoms with Crippen LogP contribution in [0, 0.1) is 5.41 Å².